The van der Waals surface area contributed by atoms with Crippen molar-refractivity contribution in [3.05, 3.63) is 133 Å². The summed E-state index contributed by atoms with van der Waals surface area (Å²) in [7, 11) is 1.60. The number of para-hydroxylation sites is 1. The Kier molecular flexibility index (Phi) is 7.63. The molecule has 0 aromatic heterocycles. The number of hydrogen-bond donors (Lipinski definition) is 0. The van der Waals surface area contributed by atoms with Gasteiger partial charge in [-0.05, 0) is 78.0 Å². The van der Waals surface area contributed by atoms with Crippen LogP contribution in [0.3, 0.4) is 0 Å². The van der Waals surface area contributed by atoms with E-state index in [9.17, 15) is 14.9 Å². The van der Waals surface area contributed by atoms with Crippen LogP contribution in [0.1, 0.15) is 11.1 Å². The summed E-state index contributed by atoms with van der Waals surface area (Å²) in [4.78, 5) is 27.4. The number of nitro benzene ring substituents is 1. The Hall–Kier alpha value is -3.96. The summed E-state index contributed by atoms with van der Waals surface area (Å²) < 4.78 is 4.12. The number of nitro groups is 1. The van der Waals surface area contributed by atoms with Crippen molar-refractivity contribution in [1.82, 2.24) is 0 Å². The third-order valence-corrected chi connectivity index (χ3v) is 9.82. The molecule has 6 rings (SSSR count). The molecule has 0 aliphatic carbocycles. The number of hydrogen-bond acceptors (Lipinski definition) is 8. The van der Waals surface area contributed by atoms with Crippen LogP contribution in [-0.2, 0) is 4.79 Å². The molecule has 1 amide bonds. The predicted molar refractivity (Wildman–Crippen MR) is 171 cm³/mol. The van der Waals surface area contributed by atoms with E-state index in [0.717, 1.165) is 5.56 Å². The largest absolute Gasteiger partial charge is 0.497 e. The Labute approximate surface area is 259 Å². The first-order chi connectivity index (χ1) is 20.3. The van der Waals surface area contributed by atoms with E-state index in [4.69, 9.17) is 33.0 Å². The maximum Gasteiger partial charge on any atom is 0.269 e. The topological polar surface area (TPSA) is 88.3 Å². The van der Waals surface area contributed by atoms with Crippen LogP contribution in [0.2, 0.25) is 10.0 Å². The molecule has 210 valence electrons. The Morgan fingerprint density at radius 2 is 1.64 bits per heavy atom. The van der Waals surface area contributed by atoms with E-state index in [1.165, 1.54) is 35.7 Å². The van der Waals surface area contributed by atoms with Gasteiger partial charge in [0.2, 0.25) is 4.33 Å². The molecule has 4 aromatic carbocycles. The van der Waals surface area contributed by atoms with Gasteiger partial charge in [-0.15, -0.1) is 0 Å². The molecule has 2 aliphatic heterocycles. The molecule has 1 spiro atoms. The first kappa shape index (κ1) is 28.2. The van der Waals surface area contributed by atoms with Crippen molar-refractivity contribution in [2.45, 2.75) is 4.33 Å². The number of methoxy groups -OCH3 is 1. The van der Waals surface area contributed by atoms with Crippen LogP contribution >= 0.6 is 46.7 Å². The number of rotatable bonds is 6. The molecule has 1 fully saturated rings. The zero-order valence-electron chi connectivity index (χ0n) is 21.8. The predicted octanol–water partition coefficient (Wildman–Crippen LogP) is 8.26. The van der Waals surface area contributed by atoms with Crippen LogP contribution in [0.5, 0.6) is 5.75 Å². The van der Waals surface area contributed by atoms with E-state index in [-0.39, 0.29) is 11.6 Å². The molecule has 4 aromatic rings. The van der Waals surface area contributed by atoms with Crippen LogP contribution in [-0.4, -0.2) is 27.3 Å². The third-order valence-electron chi connectivity index (χ3n) is 6.52. The zero-order chi connectivity index (χ0) is 29.4. The van der Waals surface area contributed by atoms with E-state index in [0.29, 0.717) is 42.7 Å². The summed E-state index contributed by atoms with van der Waals surface area (Å²) in [5, 5.41) is 19.5. The van der Waals surface area contributed by atoms with Crippen LogP contribution in [0.25, 0.3) is 6.08 Å². The highest BCUT2D eigenvalue weighted by atomic mass is 35.5. The quantitative estimate of drug-likeness (QED) is 0.120. The Bertz CT molecular complexity index is 1750. The fourth-order valence-electron chi connectivity index (χ4n) is 4.53. The van der Waals surface area contributed by atoms with Gasteiger partial charge in [0, 0.05) is 28.4 Å². The van der Waals surface area contributed by atoms with Gasteiger partial charge in [0.1, 0.15) is 10.8 Å². The number of nitrogens with zero attached hydrogens (tertiary/aromatic N) is 4. The van der Waals surface area contributed by atoms with Crippen molar-refractivity contribution in [2.24, 2.45) is 5.10 Å². The molecule has 2 aliphatic rings. The zero-order valence-corrected chi connectivity index (χ0v) is 25.0. The number of thioether (sulfide) groups is 2. The van der Waals surface area contributed by atoms with Gasteiger partial charge in [-0.2, -0.15) is 5.10 Å². The lowest BCUT2D eigenvalue weighted by molar-refractivity contribution is -0.384. The smallest absolute Gasteiger partial charge is 0.269 e. The molecule has 1 atom stereocenters. The summed E-state index contributed by atoms with van der Waals surface area (Å²) >= 11 is 15.5. The van der Waals surface area contributed by atoms with Crippen molar-refractivity contribution in [3.63, 3.8) is 0 Å². The number of hydrazone groups is 1. The molecule has 8 nitrogen and oxygen atoms in total. The lowest BCUT2D eigenvalue weighted by Gasteiger charge is -2.38. The lowest BCUT2D eigenvalue weighted by atomic mass is 10.2. The van der Waals surface area contributed by atoms with Crippen molar-refractivity contribution < 1.29 is 14.5 Å². The molecular weight excluding hydrogens is 615 g/mol. The van der Waals surface area contributed by atoms with Gasteiger partial charge in [-0.1, -0.05) is 65.3 Å². The number of ether oxygens (including phenoxy) is 1. The highest BCUT2D eigenvalue weighted by Crippen LogP contribution is 2.60. The van der Waals surface area contributed by atoms with Crippen molar-refractivity contribution in [2.75, 3.05) is 17.0 Å². The Balaban J connectivity index is 1.52. The van der Waals surface area contributed by atoms with E-state index < -0.39 is 9.25 Å². The SMILES string of the molecule is COc1ccc(/C=C2/SC3(SC(c4ccc(Cl)cc4Cl)=NN3c3ccc([N+](=O)[O-])cc3)N(c3ccccc3)C2=O)cc1. The van der Waals surface area contributed by atoms with Crippen LogP contribution in [0, 0.1) is 10.1 Å². The molecule has 12 heteroatoms. The number of anilines is 2. The fraction of sp³-hybridized carbons (Fsp3) is 0.0667. The molecule has 42 heavy (non-hydrogen) atoms. The van der Waals surface area contributed by atoms with Gasteiger partial charge in [0.15, 0.2) is 0 Å². The van der Waals surface area contributed by atoms with Gasteiger partial charge in [-0.25, -0.2) is 5.01 Å². The van der Waals surface area contributed by atoms with Crippen LogP contribution in [0.4, 0.5) is 17.1 Å². The minimum atomic E-state index is -1.16. The van der Waals surface area contributed by atoms with Gasteiger partial charge >= 0.3 is 0 Å². The second-order valence-electron chi connectivity index (χ2n) is 9.13. The average molecular weight is 636 g/mol. The number of amides is 1. The first-order valence-corrected chi connectivity index (χ1v) is 14.9. The second kappa shape index (κ2) is 11.4. The molecule has 0 saturated carbocycles. The number of halogens is 2. The second-order valence-corrected chi connectivity index (χ2v) is 12.6. The van der Waals surface area contributed by atoms with Gasteiger partial charge < -0.3 is 4.74 Å². The molecular formula is C30H20Cl2N4O4S2. The van der Waals surface area contributed by atoms with E-state index in [1.807, 2.05) is 60.7 Å². The first-order valence-electron chi connectivity index (χ1n) is 12.5. The van der Waals surface area contributed by atoms with E-state index in [1.54, 1.807) is 47.4 Å². The highest BCUT2D eigenvalue weighted by molar-refractivity contribution is 8.28. The van der Waals surface area contributed by atoms with E-state index >= 15 is 0 Å². The fourth-order valence-corrected chi connectivity index (χ4v) is 8.10. The third kappa shape index (κ3) is 5.11. The Morgan fingerprint density at radius 1 is 0.929 bits per heavy atom. The van der Waals surface area contributed by atoms with Crippen molar-refractivity contribution in [3.8, 4) is 5.75 Å². The monoisotopic (exact) mass is 634 g/mol. The van der Waals surface area contributed by atoms with Gasteiger partial charge in [0.05, 0.1) is 27.6 Å². The summed E-state index contributed by atoms with van der Waals surface area (Å²) in [6.45, 7) is 0. The molecule has 1 saturated heterocycles. The molecule has 0 N–H and O–H groups in total. The number of carbonyl (C=O) groups is 1. The number of non-ortho nitro benzene ring substituents is 1. The average Bonchev–Trinajstić information content (AvgIpc) is 3.49. The summed E-state index contributed by atoms with van der Waals surface area (Å²) in [5.41, 5.74) is 2.62. The summed E-state index contributed by atoms with van der Waals surface area (Å²) in [5.74, 6) is 0.485. The van der Waals surface area contributed by atoms with Crippen LogP contribution < -0.4 is 14.6 Å². The molecule has 2 heterocycles. The highest BCUT2D eigenvalue weighted by Gasteiger charge is 2.59. The molecule has 1 unspecified atom stereocenters. The standard InChI is InChI=1S/C30H20Cl2N4O4S2/c1-40-24-14-7-19(8-15-24)17-27-29(37)34(21-5-3-2-4-6-21)30(41-27)35(22-10-12-23(13-11-22)36(38)39)33-28(42-30)25-16-9-20(31)18-26(25)32/h2-18H,1H3/b27-17+. The summed E-state index contributed by atoms with van der Waals surface area (Å²) in [6, 6.07) is 28.0. The summed E-state index contributed by atoms with van der Waals surface area (Å²) in [6.07, 6.45) is 1.83. The van der Waals surface area contributed by atoms with Gasteiger partial charge in [0.25, 0.3) is 11.6 Å². The minimum absolute atomic E-state index is 0.0558. The maximum absolute atomic E-state index is 14.3. The number of benzene rings is 4. The number of carbonyl (C=O) groups excluding carboxylic acids is 1. The van der Waals surface area contributed by atoms with Crippen molar-refractivity contribution in [1.29, 1.82) is 0 Å². The normalized spacial score (nSPS) is 19.1. The van der Waals surface area contributed by atoms with Crippen molar-refractivity contribution >= 4 is 80.8 Å². The molecule has 0 radical (unpaired) electrons. The lowest BCUT2D eigenvalue weighted by Crippen LogP contribution is -2.51. The van der Waals surface area contributed by atoms with Crippen LogP contribution in [0.15, 0.2) is 107 Å². The minimum Gasteiger partial charge on any atom is -0.497 e. The van der Waals surface area contributed by atoms with Gasteiger partial charge in [-0.3, -0.25) is 19.8 Å². The van der Waals surface area contributed by atoms with E-state index in [2.05, 4.69) is 0 Å². The maximum atomic E-state index is 14.3. The molecule has 0 bridgehead atoms. The Morgan fingerprint density at radius 3 is 2.29 bits per heavy atom.